The van der Waals surface area contributed by atoms with Crippen molar-refractivity contribution in [1.29, 1.82) is 0 Å². The molecule has 26 heavy (non-hydrogen) atoms. The number of hydrogen-bond acceptors (Lipinski definition) is 6. The second-order valence-corrected chi connectivity index (χ2v) is 9.41. The second kappa shape index (κ2) is 7.81. The molecule has 0 aromatic rings. The zero-order valence-electron chi connectivity index (χ0n) is 15.5. The van der Waals surface area contributed by atoms with E-state index in [9.17, 15) is 22.8 Å². The minimum absolute atomic E-state index is 0.0577. The summed E-state index contributed by atoms with van der Waals surface area (Å²) in [6, 6.07) is -0.444. The summed E-state index contributed by atoms with van der Waals surface area (Å²) in [6.45, 7) is 6.44. The van der Waals surface area contributed by atoms with Gasteiger partial charge in [0, 0.05) is 32.2 Å². The van der Waals surface area contributed by atoms with Gasteiger partial charge in [0.2, 0.25) is 11.8 Å². The third kappa shape index (κ3) is 4.66. The minimum atomic E-state index is -3.11. The highest BCUT2D eigenvalue weighted by Crippen LogP contribution is 2.22. The monoisotopic (exact) mass is 389 g/mol. The molecule has 10 heteroatoms. The van der Waals surface area contributed by atoms with Crippen LogP contribution >= 0.6 is 0 Å². The van der Waals surface area contributed by atoms with Crippen molar-refractivity contribution < 1.29 is 27.5 Å². The van der Waals surface area contributed by atoms with E-state index in [0.29, 0.717) is 39.2 Å². The van der Waals surface area contributed by atoms with Crippen molar-refractivity contribution in [3.05, 3.63) is 0 Å². The number of rotatable bonds is 4. The van der Waals surface area contributed by atoms with Gasteiger partial charge < -0.3 is 19.9 Å². The van der Waals surface area contributed by atoms with Crippen molar-refractivity contribution in [2.45, 2.75) is 33.2 Å². The van der Waals surface area contributed by atoms with Gasteiger partial charge in [-0.15, -0.1) is 0 Å². The Morgan fingerprint density at radius 3 is 2.19 bits per heavy atom. The molecule has 0 bridgehead atoms. The Hall–Kier alpha value is -1.84. The number of amides is 3. The van der Waals surface area contributed by atoms with Gasteiger partial charge in [-0.2, -0.15) is 0 Å². The van der Waals surface area contributed by atoms with Crippen LogP contribution in [0.5, 0.6) is 0 Å². The maximum absolute atomic E-state index is 12.8. The summed E-state index contributed by atoms with van der Waals surface area (Å²) in [5, 5.41) is 2.69. The zero-order valence-corrected chi connectivity index (χ0v) is 16.3. The lowest BCUT2D eigenvalue weighted by Gasteiger charge is -2.37. The molecule has 1 atom stereocenters. The van der Waals surface area contributed by atoms with E-state index in [2.05, 4.69) is 5.32 Å². The first-order chi connectivity index (χ1) is 12.1. The van der Waals surface area contributed by atoms with Gasteiger partial charge in [-0.25, -0.2) is 13.2 Å². The van der Waals surface area contributed by atoms with E-state index in [1.54, 1.807) is 11.8 Å². The number of sulfone groups is 1. The van der Waals surface area contributed by atoms with Crippen molar-refractivity contribution in [2.75, 3.05) is 44.3 Å². The number of ether oxygens (including phenoxy) is 1. The molecule has 1 unspecified atom stereocenters. The van der Waals surface area contributed by atoms with Gasteiger partial charge in [0.15, 0.2) is 9.84 Å². The second-order valence-electron chi connectivity index (χ2n) is 7.18. The van der Waals surface area contributed by atoms with Crippen molar-refractivity contribution in [3.8, 4) is 0 Å². The molecule has 2 aliphatic rings. The van der Waals surface area contributed by atoms with Gasteiger partial charge in [-0.1, -0.05) is 0 Å². The fraction of sp³-hybridized carbons (Fsp3) is 0.812. The van der Waals surface area contributed by atoms with Gasteiger partial charge in [-0.3, -0.25) is 9.59 Å². The first-order valence-corrected chi connectivity index (χ1v) is 10.6. The summed E-state index contributed by atoms with van der Waals surface area (Å²) in [5.74, 6) is -0.833. The highest BCUT2D eigenvalue weighted by atomic mass is 32.2. The Kier molecular flexibility index (Phi) is 6.15. The van der Waals surface area contributed by atoms with E-state index in [0.717, 1.165) is 0 Å². The predicted molar refractivity (Wildman–Crippen MR) is 94.2 cm³/mol. The third-order valence-corrected chi connectivity index (χ3v) is 6.53. The van der Waals surface area contributed by atoms with Gasteiger partial charge in [-0.05, 0) is 27.2 Å². The maximum Gasteiger partial charge on any atom is 0.409 e. The summed E-state index contributed by atoms with van der Waals surface area (Å²) in [5.41, 5.74) is -1.31. The van der Waals surface area contributed by atoms with Crippen LogP contribution in [-0.4, -0.2) is 86.5 Å². The molecule has 2 rings (SSSR count). The van der Waals surface area contributed by atoms with Crippen LogP contribution in [0.3, 0.4) is 0 Å². The Bertz CT molecular complexity index is 667. The Labute approximate surface area is 153 Å². The molecule has 0 aromatic carbocycles. The van der Waals surface area contributed by atoms with Crippen LogP contribution in [0.4, 0.5) is 4.79 Å². The van der Waals surface area contributed by atoms with Gasteiger partial charge >= 0.3 is 6.09 Å². The topological polar surface area (TPSA) is 113 Å². The third-order valence-electron chi connectivity index (χ3n) is 4.76. The molecule has 0 radical (unpaired) electrons. The molecule has 9 nitrogen and oxygen atoms in total. The van der Waals surface area contributed by atoms with E-state index in [1.165, 1.54) is 18.7 Å². The summed E-state index contributed by atoms with van der Waals surface area (Å²) in [6.07, 6.45) is -0.0321. The van der Waals surface area contributed by atoms with Crippen LogP contribution in [0.2, 0.25) is 0 Å². The molecule has 0 aromatic heterocycles. The fourth-order valence-electron chi connectivity index (χ4n) is 3.07. The Balaban J connectivity index is 1.91. The molecule has 1 N–H and O–H groups in total. The standard InChI is InChI=1S/C16H27N3O6S/c1-4-25-15(22)19-8-6-18(7-9-19)14(21)16(2,3)13(20)17-12-5-10-26(23,24)11-12/h12H,4-11H2,1-3H3,(H,17,20). The van der Waals surface area contributed by atoms with Crippen LogP contribution in [0, 0.1) is 5.41 Å². The highest BCUT2D eigenvalue weighted by molar-refractivity contribution is 7.91. The lowest BCUT2D eigenvalue weighted by molar-refractivity contribution is -0.150. The van der Waals surface area contributed by atoms with Crippen molar-refractivity contribution in [3.63, 3.8) is 0 Å². The largest absolute Gasteiger partial charge is 0.450 e. The van der Waals surface area contributed by atoms with Crippen molar-refractivity contribution >= 4 is 27.7 Å². The van der Waals surface area contributed by atoms with E-state index in [1.807, 2.05) is 0 Å². The highest BCUT2D eigenvalue weighted by Gasteiger charge is 2.42. The number of carbonyl (C=O) groups excluding carboxylic acids is 3. The summed E-state index contributed by atoms with van der Waals surface area (Å²) in [7, 11) is -3.11. The molecule has 2 fully saturated rings. The number of carbonyl (C=O) groups is 3. The summed E-state index contributed by atoms with van der Waals surface area (Å²) >= 11 is 0. The minimum Gasteiger partial charge on any atom is -0.450 e. The molecule has 148 valence electrons. The van der Waals surface area contributed by atoms with E-state index >= 15 is 0 Å². The van der Waals surface area contributed by atoms with Crippen LogP contribution in [0.25, 0.3) is 0 Å². The first kappa shape index (κ1) is 20.5. The summed E-state index contributed by atoms with van der Waals surface area (Å²) in [4.78, 5) is 40.1. The SMILES string of the molecule is CCOC(=O)N1CCN(C(=O)C(C)(C)C(=O)NC2CCS(=O)(=O)C2)CC1. The van der Waals surface area contributed by atoms with Crippen molar-refractivity contribution in [1.82, 2.24) is 15.1 Å². The van der Waals surface area contributed by atoms with Crippen LogP contribution in [0.15, 0.2) is 0 Å². The quantitative estimate of drug-likeness (QED) is 0.656. The number of piperazine rings is 1. The molecule has 0 spiro atoms. The summed E-state index contributed by atoms with van der Waals surface area (Å²) < 4.78 is 28.0. The van der Waals surface area contributed by atoms with Gasteiger partial charge in [0.05, 0.1) is 18.1 Å². The van der Waals surface area contributed by atoms with E-state index in [-0.39, 0.29) is 17.4 Å². The predicted octanol–water partition coefficient (Wildman–Crippen LogP) is -0.383. The molecular weight excluding hydrogens is 362 g/mol. The Morgan fingerprint density at radius 1 is 1.12 bits per heavy atom. The van der Waals surface area contributed by atoms with E-state index < -0.39 is 33.3 Å². The molecular formula is C16H27N3O6S. The molecule has 2 saturated heterocycles. The average Bonchev–Trinajstić information content (AvgIpc) is 2.93. The van der Waals surface area contributed by atoms with Crippen LogP contribution in [-0.2, 0) is 24.2 Å². The van der Waals surface area contributed by atoms with Crippen LogP contribution < -0.4 is 5.32 Å². The normalized spacial score (nSPS) is 22.8. The molecule has 0 aliphatic carbocycles. The lowest BCUT2D eigenvalue weighted by Crippen LogP contribution is -2.57. The van der Waals surface area contributed by atoms with Crippen LogP contribution in [0.1, 0.15) is 27.2 Å². The van der Waals surface area contributed by atoms with E-state index in [4.69, 9.17) is 4.74 Å². The number of hydrogen-bond donors (Lipinski definition) is 1. The lowest BCUT2D eigenvalue weighted by atomic mass is 9.89. The molecule has 2 heterocycles. The zero-order chi connectivity index (χ0) is 19.5. The number of nitrogens with zero attached hydrogens (tertiary/aromatic N) is 2. The molecule has 3 amide bonds. The first-order valence-electron chi connectivity index (χ1n) is 8.79. The van der Waals surface area contributed by atoms with Gasteiger partial charge in [0.1, 0.15) is 5.41 Å². The van der Waals surface area contributed by atoms with Crippen molar-refractivity contribution in [2.24, 2.45) is 5.41 Å². The van der Waals surface area contributed by atoms with Gasteiger partial charge in [0.25, 0.3) is 0 Å². The maximum atomic E-state index is 12.8. The average molecular weight is 389 g/mol. The molecule has 0 saturated carbocycles. The molecule has 2 aliphatic heterocycles. The Morgan fingerprint density at radius 2 is 1.69 bits per heavy atom. The number of nitrogens with one attached hydrogen (secondary N) is 1. The smallest absolute Gasteiger partial charge is 0.409 e. The fourth-order valence-corrected chi connectivity index (χ4v) is 4.75.